The number of ether oxygens (including phenoxy) is 1. The van der Waals surface area contributed by atoms with Crippen LogP contribution in [0.5, 0.6) is 0 Å². The van der Waals surface area contributed by atoms with E-state index in [1.54, 1.807) is 7.11 Å². The minimum atomic E-state index is -0.906. The number of hydrogen-bond donors (Lipinski definition) is 0. The average molecular weight is 243 g/mol. The molecule has 0 N–H and O–H groups in total. The maximum Gasteiger partial charge on any atom is 0.0668 e. The molecule has 92 valence electrons. The maximum atomic E-state index is 12.1. The highest BCUT2D eigenvalue weighted by atomic mass is 32.2. The van der Waals surface area contributed by atoms with Gasteiger partial charge in [0.25, 0.3) is 0 Å². The van der Waals surface area contributed by atoms with Gasteiger partial charge in [-0.05, 0) is 25.2 Å². The van der Waals surface area contributed by atoms with Gasteiger partial charge in [-0.2, -0.15) is 5.26 Å². The molecular formula is C12H21NO2S. The molecule has 0 spiro atoms. The minimum absolute atomic E-state index is 0.0134. The van der Waals surface area contributed by atoms with Crippen molar-refractivity contribution in [2.75, 3.05) is 19.5 Å². The molecule has 1 aliphatic carbocycles. The van der Waals surface area contributed by atoms with E-state index in [9.17, 15) is 4.21 Å². The second kappa shape index (κ2) is 7.03. The number of nitrogens with zero attached hydrogens (tertiary/aromatic N) is 1. The van der Waals surface area contributed by atoms with Crippen LogP contribution >= 0.6 is 0 Å². The van der Waals surface area contributed by atoms with E-state index in [0.717, 1.165) is 25.7 Å². The van der Waals surface area contributed by atoms with E-state index < -0.39 is 10.8 Å². The molecule has 0 aromatic rings. The van der Waals surface area contributed by atoms with Gasteiger partial charge < -0.3 is 4.74 Å². The van der Waals surface area contributed by atoms with E-state index in [2.05, 4.69) is 13.0 Å². The van der Waals surface area contributed by atoms with Crippen LogP contribution in [0.25, 0.3) is 0 Å². The number of nitriles is 1. The summed E-state index contributed by atoms with van der Waals surface area (Å²) in [6.07, 6.45) is 4.12. The van der Waals surface area contributed by atoms with Crippen LogP contribution in [0.3, 0.4) is 0 Å². The molecular weight excluding hydrogens is 222 g/mol. The van der Waals surface area contributed by atoms with Gasteiger partial charge in [0, 0.05) is 23.7 Å². The largest absolute Gasteiger partial charge is 0.384 e. The molecule has 1 saturated carbocycles. The molecule has 1 aliphatic rings. The summed E-state index contributed by atoms with van der Waals surface area (Å²) in [4.78, 5) is 0. The smallest absolute Gasteiger partial charge is 0.0668 e. The van der Waals surface area contributed by atoms with E-state index in [-0.39, 0.29) is 11.2 Å². The van der Waals surface area contributed by atoms with E-state index in [4.69, 9.17) is 10.00 Å². The van der Waals surface area contributed by atoms with Crippen molar-refractivity contribution < 1.29 is 8.95 Å². The first-order valence-electron chi connectivity index (χ1n) is 5.98. The van der Waals surface area contributed by atoms with Crippen LogP contribution in [-0.2, 0) is 15.5 Å². The Morgan fingerprint density at radius 1 is 1.50 bits per heavy atom. The first-order valence-corrected chi connectivity index (χ1v) is 7.36. The van der Waals surface area contributed by atoms with Crippen LogP contribution in [0.4, 0.5) is 0 Å². The predicted octanol–water partition coefficient (Wildman–Crippen LogP) is 2.10. The van der Waals surface area contributed by atoms with E-state index >= 15 is 0 Å². The van der Waals surface area contributed by atoms with Gasteiger partial charge in [0.05, 0.1) is 23.8 Å². The van der Waals surface area contributed by atoms with Crippen LogP contribution < -0.4 is 0 Å². The second-order valence-corrected chi connectivity index (χ2v) is 6.21. The summed E-state index contributed by atoms with van der Waals surface area (Å²) in [6, 6.07) is 2.32. The molecule has 3 nitrogen and oxygen atoms in total. The zero-order valence-electron chi connectivity index (χ0n) is 10.1. The summed E-state index contributed by atoms with van der Waals surface area (Å²) in [6.45, 7) is 2.70. The number of rotatable bonds is 5. The van der Waals surface area contributed by atoms with Crippen LogP contribution in [0.15, 0.2) is 0 Å². The van der Waals surface area contributed by atoms with Crippen molar-refractivity contribution >= 4 is 10.8 Å². The summed E-state index contributed by atoms with van der Waals surface area (Å²) in [5.41, 5.74) is 0. The first-order chi connectivity index (χ1) is 7.72. The number of hydrogen-bond acceptors (Lipinski definition) is 3. The Kier molecular flexibility index (Phi) is 6.00. The van der Waals surface area contributed by atoms with Crippen molar-refractivity contribution in [1.29, 1.82) is 5.26 Å². The van der Waals surface area contributed by atoms with Gasteiger partial charge in [-0.1, -0.05) is 13.3 Å². The summed E-state index contributed by atoms with van der Waals surface area (Å²) < 4.78 is 17.0. The molecule has 0 amide bonds. The van der Waals surface area contributed by atoms with Crippen molar-refractivity contribution in [2.24, 2.45) is 11.8 Å². The third-order valence-electron chi connectivity index (χ3n) is 3.47. The zero-order chi connectivity index (χ0) is 12.0. The zero-order valence-corrected chi connectivity index (χ0v) is 11.0. The average Bonchev–Trinajstić information content (AvgIpc) is 2.35. The van der Waals surface area contributed by atoms with Crippen molar-refractivity contribution in [2.45, 2.75) is 37.9 Å². The molecule has 1 rings (SSSR count). The monoisotopic (exact) mass is 243 g/mol. The first kappa shape index (κ1) is 13.7. The molecule has 16 heavy (non-hydrogen) atoms. The Morgan fingerprint density at radius 3 is 2.81 bits per heavy atom. The fourth-order valence-corrected chi connectivity index (χ4v) is 4.02. The van der Waals surface area contributed by atoms with Crippen molar-refractivity contribution in [1.82, 2.24) is 0 Å². The second-order valence-electron chi connectivity index (χ2n) is 4.44. The van der Waals surface area contributed by atoms with Crippen molar-refractivity contribution in [3.63, 3.8) is 0 Å². The van der Waals surface area contributed by atoms with Crippen LogP contribution in [0.2, 0.25) is 0 Å². The SMILES string of the molecule is CCC1CCC(C#N)C(S(=O)CCOC)C1. The Bertz CT molecular complexity index is 275. The lowest BCUT2D eigenvalue weighted by molar-refractivity contribution is 0.217. The van der Waals surface area contributed by atoms with Crippen molar-refractivity contribution in [3.05, 3.63) is 0 Å². The number of methoxy groups -OCH3 is 1. The summed E-state index contributed by atoms with van der Waals surface area (Å²) in [5, 5.41) is 9.15. The fraction of sp³-hybridized carbons (Fsp3) is 0.917. The van der Waals surface area contributed by atoms with Gasteiger partial charge >= 0.3 is 0 Å². The standard InChI is InChI=1S/C12H21NO2S/c1-3-10-4-5-11(9-13)12(8-10)16(14)7-6-15-2/h10-12H,3-8H2,1-2H3. The molecule has 0 radical (unpaired) electrons. The van der Waals surface area contributed by atoms with Crippen LogP contribution in [0.1, 0.15) is 32.6 Å². The highest BCUT2D eigenvalue weighted by Crippen LogP contribution is 2.33. The third kappa shape index (κ3) is 3.57. The van der Waals surface area contributed by atoms with Gasteiger partial charge in [0.2, 0.25) is 0 Å². The Morgan fingerprint density at radius 2 is 2.25 bits per heavy atom. The molecule has 1 fully saturated rings. The Labute approximate surface area is 101 Å². The molecule has 4 unspecified atom stereocenters. The Hall–Kier alpha value is -0.400. The summed E-state index contributed by atoms with van der Waals surface area (Å²) in [7, 11) is 0.714. The fourth-order valence-electron chi connectivity index (χ4n) is 2.34. The lowest BCUT2D eigenvalue weighted by atomic mass is 9.81. The Balaban J connectivity index is 2.58. The molecule has 0 aromatic carbocycles. The van der Waals surface area contributed by atoms with Gasteiger partial charge in [0.15, 0.2) is 0 Å². The predicted molar refractivity (Wildman–Crippen MR) is 65.4 cm³/mol. The third-order valence-corrected chi connectivity index (χ3v) is 5.24. The molecule has 0 aliphatic heterocycles. The van der Waals surface area contributed by atoms with Gasteiger partial charge in [-0.15, -0.1) is 0 Å². The molecule has 4 atom stereocenters. The normalized spacial score (nSPS) is 31.9. The summed E-state index contributed by atoms with van der Waals surface area (Å²) in [5.74, 6) is 1.21. The van der Waals surface area contributed by atoms with E-state index in [1.807, 2.05) is 0 Å². The van der Waals surface area contributed by atoms with E-state index in [1.165, 1.54) is 0 Å². The summed E-state index contributed by atoms with van der Waals surface area (Å²) >= 11 is 0. The lowest BCUT2D eigenvalue weighted by Gasteiger charge is -2.31. The lowest BCUT2D eigenvalue weighted by Crippen LogP contribution is -2.34. The van der Waals surface area contributed by atoms with Crippen molar-refractivity contribution in [3.8, 4) is 6.07 Å². The van der Waals surface area contributed by atoms with Crippen LogP contribution in [-0.4, -0.2) is 28.9 Å². The van der Waals surface area contributed by atoms with Gasteiger partial charge in [-0.25, -0.2) is 0 Å². The highest BCUT2D eigenvalue weighted by Gasteiger charge is 2.33. The maximum absolute atomic E-state index is 12.1. The molecule has 0 saturated heterocycles. The topological polar surface area (TPSA) is 50.1 Å². The van der Waals surface area contributed by atoms with Gasteiger partial charge in [0.1, 0.15) is 0 Å². The van der Waals surface area contributed by atoms with E-state index in [0.29, 0.717) is 18.3 Å². The molecule has 0 aromatic heterocycles. The molecule has 0 heterocycles. The minimum Gasteiger partial charge on any atom is -0.384 e. The highest BCUT2D eigenvalue weighted by molar-refractivity contribution is 7.85. The quantitative estimate of drug-likeness (QED) is 0.743. The van der Waals surface area contributed by atoms with Gasteiger partial charge in [-0.3, -0.25) is 4.21 Å². The van der Waals surface area contributed by atoms with Crippen LogP contribution in [0, 0.1) is 23.2 Å². The molecule has 0 bridgehead atoms. The molecule has 4 heteroatoms.